The molecule has 1 N–H and O–H groups in total. The molecule has 5 nitrogen and oxygen atoms in total. The van der Waals surface area contributed by atoms with Gasteiger partial charge in [0.1, 0.15) is 11.3 Å². The van der Waals surface area contributed by atoms with Crippen LogP contribution < -0.4 is 4.74 Å². The number of rotatable bonds is 1. The van der Waals surface area contributed by atoms with Gasteiger partial charge < -0.3 is 14.3 Å². The van der Waals surface area contributed by atoms with E-state index >= 15 is 0 Å². The van der Waals surface area contributed by atoms with Gasteiger partial charge in [0, 0.05) is 6.07 Å². The third-order valence-corrected chi connectivity index (χ3v) is 1.51. The van der Waals surface area contributed by atoms with Crippen LogP contribution in [0, 0.1) is 0 Å². The van der Waals surface area contributed by atoms with Crippen LogP contribution in [0.1, 0.15) is 0 Å². The van der Waals surface area contributed by atoms with Crippen LogP contribution in [0.4, 0.5) is 4.79 Å². The third kappa shape index (κ3) is 1.44. The molecular formula is C8H5NO4. The predicted octanol–water partition coefficient (Wildman–Crippen LogP) is 1.88. The number of carboxylic acid groups (broad SMARTS) is 1. The highest BCUT2D eigenvalue weighted by Crippen LogP contribution is 2.19. The Morgan fingerprint density at radius 2 is 2.38 bits per heavy atom. The van der Waals surface area contributed by atoms with E-state index in [1.807, 2.05) is 0 Å². The van der Waals surface area contributed by atoms with Crippen LogP contribution in [-0.2, 0) is 0 Å². The van der Waals surface area contributed by atoms with Crippen molar-refractivity contribution in [1.82, 2.24) is 4.98 Å². The highest BCUT2D eigenvalue weighted by atomic mass is 16.7. The van der Waals surface area contributed by atoms with Crippen LogP contribution in [0.3, 0.4) is 0 Å². The Kier molecular flexibility index (Phi) is 1.63. The Balaban J connectivity index is 2.42. The summed E-state index contributed by atoms with van der Waals surface area (Å²) in [6, 6.07) is 4.59. The van der Waals surface area contributed by atoms with Gasteiger partial charge in [-0.05, 0) is 12.1 Å². The number of ether oxygens (including phenoxy) is 1. The Morgan fingerprint density at radius 3 is 3.15 bits per heavy atom. The molecule has 2 rings (SSSR count). The minimum Gasteiger partial charge on any atom is -0.449 e. The van der Waals surface area contributed by atoms with Crippen LogP contribution in [0.5, 0.6) is 5.75 Å². The molecule has 0 unspecified atom stereocenters. The zero-order chi connectivity index (χ0) is 9.26. The van der Waals surface area contributed by atoms with E-state index in [1.54, 1.807) is 6.07 Å². The summed E-state index contributed by atoms with van der Waals surface area (Å²) in [5.41, 5.74) is 1.16. The number of hydrogen-bond acceptors (Lipinski definition) is 4. The van der Waals surface area contributed by atoms with Crippen molar-refractivity contribution in [3.8, 4) is 5.75 Å². The molecule has 0 spiro atoms. The van der Waals surface area contributed by atoms with Gasteiger partial charge in [-0.3, -0.25) is 0 Å². The lowest BCUT2D eigenvalue weighted by atomic mass is 10.3. The average Bonchev–Trinajstić information content (AvgIpc) is 2.49. The number of hydrogen-bond donors (Lipinski definition) is 1. The Bertz CT molecular complexity index is 448. The predicted molar refractivity (Wildman–Crippen MR) is 42.7 cm³/mol. The van der Waals surface area contributed by atoms with E-state index in [4.69, 9.17) is 9.52 Å². The summed E-state index contributed by atoms with van der Waals surface area (Å²) in [6.07, 6.45) is -0.0577. The van der Waals surface area contributed by atoms with Crippen molar-refractivity contribution in [1.29, 1.82) is 0 Å². The molecule has 66 valence electrons. The molecule has 0 bridgehead atoms. The molecule has 1 aromatic heterocycles. The van der Waals surface area contributed by atoms with E-state index in [0.29, 0.717) is 11.1 Å². The molecule has 0 amide bonds. The highest BCUT2D eigenvalue weighted by Gasteiger charge is 2.03. The minimum absolute atomic E-state index is 0.230. The molecular weight excluding hydrogens is 174 g/mol. The maximum absolute atomic E-state index is 10.2. The summed E-state index contributed by atoms with van der Waals surface area (Å²) in [7, 11) is 0. The van der Waals surface area contributed by atoms with E-state index in [9.17, 15) is 4.79 Å². The fourth-order valence-corrected chi connectivity index (χ4v) is 1.00. The van der Waals surface area contributed by atoms with Crippen molar-refractivity contribution in [3.05, 3.63) is 24.6 Å². The highest BCUT2D eigenvalue weighted by molar-refractivity contribution is 5.75. The summed E-state index contributed by atoms with van der Waals surface area (Å²) in [6.45, 7) is 0. The van der Waals surface area contributed by atoms with Gasteiger partial charge in [0.05, 0.1) is 0 Å². The molecule has 5 heteroatoms. The number of carbonyl (C=O) groups is 1. The van der Waals surface area contributed by atoms with Crippen molar-refractivity contribution in [2.75, 3.05) is 0 Å². The van der Waals surface area contributed by atoms with Crippen LogP contribution in [0.2, 0.25) is 0 Å². The van der Waals surface area contributed by atoms with Crippen molar-refractivity contribution in [2.45, 2.75) is 0 Å². The largest absolute Gasteiger partial charge is 0.511 e. The molecule has 0 aliphatic rings. The van der Waals surface area contributed by atoms with Crippen molar-refractivity contribution >= 4 is 17.3 Å². The lowest BCUT2D eigenvalue weighted by Crippen LogP contribution is -2.02. The zero-order valence-corrected chi connectivity index (χ0v) is 6.43. The quantitative estimate of drug-likeness (QED) is 0.534. The fourth-order valence-electron chi connectivity index (χ4n) is 1.00. The fraction of sp³-hybridized carbons (Fsp3) is 0. The maximum atomic E-state index is 10.2. The topological polar surface area (TPSA) is 72.6 Å². The number of nitrogens with zero attached hydrogens (tertiary/aromatic N) is 1. The summed E-state index contributed by atoms with van der Waals surface area (Å²) >= 11 is 0. The molecule has 13 heavy (non-hydrogen) atoms. The van der Waals surface area contributed by atoms with Gasteiger partial charge in [0.25, 0.3) is 0 Å². The minimum atomic E-state index is -1.34. The normalized spacial score (nSPS) is 10.2. The van der Waals surface area contributed by atoms with Crippen LogP contribution in [0.25, 0.3) is 11.1 Å². The lowest BCUT2D eigenvalue weighted by molar-refractivity contribution is 0.144. The first-order valence-corrected chi connectivity index (χ1v) is 3.50. The zero-order valence-electron chi connectivity index (χ0n) is 6.43. The van der Waals surface area contributed by atoms with Gasteiger partial charge in [-0.15, -0.1) is 0 Å². The van der Waals surface area contributed by atoms with Gasteiger partial charge in [-0.2, -0.15) is 0 Å². The molecule has 0 radical (unpaired) electrons. The summed E-state index contributed by atoms with van der Waals surface area (Å²) in [5, 5.41) is 8.32. The molecule has 0 saturated carbocycles. The lowest BCUT2D eigenvalue weighted by Gasteiger charge is -1.97. The molecule has 0 atom stereocenters. The summed E-state index contributed by atoms with van der Waals surface area (Å²) in [5.74, 6) is 0.230. The SMILES string of the molecule is O=C(O)Oc1ccc2ocnc2c1. The van der Waals surface area contributed by atoms with Gasteiger partial charge in [0.15, 0.2) is 12.0 Å². The van der Waals surface area contributed by atoms with Gasteiger partial charge in [-0.25, -0.2) is 9.78 Å². The molecule has 0 aliphatic heterocycles. The van der Waals surface area contributed by atoms with Crippen LogP contribution in [-0.4, -0.2) is 16.2 Å². The average molecular weight is 179 g/mol. The van der Waals surface area contributed by atoms with E-state index in [-0.39, 0.29) is 5.75 Å². The smallest absolute Gasteiger partial charge is 0.449 e. The standard InChI is InChI=1S/C8H5NO4/c10-8(11)13-5-1-2-7-6(3-5)9-4-12-7/h1-4H,(H,10,11). The Hall–Kier alpha value is -2.04. The monoisotopic (exact) mass is 179 g/mol. The molecule has 2 aromatic rings. The van der Waals surface area contributed by atoms with E-state index in [1.165, 1.54) is 18.5 Å². The van der Waals surface area contributed by atoms with Crippen LogP contribution >= 0.6 is 0 Å². The van der Waals surface area contributed by atoms with Gasteiger partial charge in [-0.1, -0.05) is 0 Å². The molecule has 1 aromatic carbocycles. The van der Waals surface area contributed by atoms with Gasteiger partial charge in [0.2, 0.25) is 0 Å². The first-order valence-electron chi connectivity index (χ1n) is 3.50. The van der Waals surface area contributed by atoms with Crippen LogP contribution in [0.15, 0.2) is 29.0 Å². The Labute approximate surface area is 72.6 Å². The summed E-state index contributed by atoms with van der Waals surface area (Å²) in [4.78, 5) is 14.0. The first kappa shape index (κ1) is 7.60. The first-order chi connectivity index (χ1) is 6.25. The Morgan fingerprint density at radius 1 is 1.54 bits per heavy atom. The second-order valence-electron chi connectivity index (χ2n) is 2.35. The second-order valence-corrected chi connectivity index (χ2v) is 2.35. The number of benzene rings is 1. The van der Waals surface area contributed by atoms with Crippen molar-refractivity contribution < 1.29 is 19.1 Å². The number of fused-ring (bicyclic) bond motifs is 1. The van der Waals surface area contributed by atoms with Crippen molar-refractivity contribution in [3.63, 3.8) is 0 Å². The van der Waals surface area contributed by atoms with Gasteiger partial charge >= 0.3 is 6.16 Å². The molecule has 1 heterocycles. The maximum Gasteiger partial charge on any atom is 0.511 e. The molecule has 0 fully saturated rings. The van der Waals surface area contributed by atoms with E-state index < -0.39 is 6.16 Å². The van der Waals surface area contributed by atoms with Crippen molar-refractivity contribution in [2.24, 2.45) is 0 Å². The summed E-state index contributed by atoms with van der Waals surface area (Å²) < 4.78 is 9.39. The van der Waals surface area contributed by atoms with E-state index in [0.717, 1.165) is 0 Å². The molecule has 0 saturated heterocycles. The third-order valence-electron chi connectivity index (χ3n) is 1.51. The van der Waals surface area contributed by atoms with E-state index in [2.05, 4.69) is 9.72 Å². The second kappa shape index (κ2) is 2.78. The number of aromatic nitrogens is 1. The number of oxazole rings is 1. The molecule has 0 aliphatic carbocycles.